The summed E-state index contributed by atoms with van der Waals surface area (Å²) in [6.07, 6.45) is 2.15. The minimum atomic E-state index is -1.36. The fourth-order valence-corrected chi connectivity index (χ4v) is 2.46. The maximum atomic E-state index is 10.8. The van der Waals surface area contributed by atoms with Crippen LogP contribution in [0.15, 0.2) is 53.8 Å². The van der Waals surface area contributed by atoms with E-state index in [1.807, 2.05) is 18.4 Å². The number of carboxylic acid groups (broad SMARTS) is 1. The van der Waals surface area contributed by atoms with Crippen LogP contribution < -0.4 is 9.47 Å². The normalized spacial score (nSPS) is 10.5. The predicted molar refractivity (Wildman–Crippen MR) is 86.5 cm³/mol. The van der Waals surface area contributed by atoms with Gasteiger partial charge >= 0.3 is 6.16 Å². The molecule has 0 fully saturated rings. The Morgan fingerprint density at radius 1 is 1.09 bits per heavy atom. The van der Waals surface area contributed by atoms with Crippen LogP contribution in [0.3, 0.4) is 0 Å². The van der Waals surface area contributed by atoms with Crippen LogP contribution in [0.4, 0.5) is 4.79 Å². The predicted octanol–water partition coefficient (Wildman–Crippen LogP) is 4.20. The first kappa shape index (κ1) is 15.1. The molecule has 6 nitrogen and oxygen atoms in total. The largest absolute Gasteiger partial charge is 0.511 e. The lowest BCUT2D eigenvalue weighted by Crippen LogP contribution is -2.03. The molecule has 0 spiro atoms. The molecule has 116 valence electrons. The van der Waals surface area contributed by atoms with Crippen LogP contribution in [0.1, 0.15) is 0 Å². The third-order valence-corrected chi connectivity index (χ3v) is 3.61. The van der Waals surface area contributed by atoms with Gasteiger partial charge in [0.2, 0.25) is 5.88 Å². The number of nitrogens with zero attached hydrogens (tertiary/aromatic N) is 2. The van der Waals surface area contributed by atoms with Gasteiger partial charge in [0.1, 0.15) is 11.5 Å². The van der Waals surface area contributed by atoms with Gasteiger partial charge < -0.3 is 14.6 Å². The maximum Gasteiger partial charge on any atom is 0.511 e. The van der Waals surface area contributed by atoms with Crippen LogP contribution >= 0.6 is 11.8 Å². The van der Waals surface area contributed by atoms with E-state index < -0.39 is 6.16 Å². The Morgan fingerprint density at radius 2 is 1.78 bits per heavy atom. The van der Waals surface area contributed by atoms with Crippen molar-refractivity contribution in [3.8, 4) is 17.4 Å². The van der Waals surface area contributed by atoms with Gasteiger partial charge in [0.25, 0.3) is 0 Å². The highest BCUT2D eigenvalue weighted by atomic mass is 32.2. The van der Waals surface area contributed by atoms with Crippen molar-refractivity contribution in [1.82, 2.24) is 9.97 Å². The Labute approximate surface area is 136 Å². The number of aromatic nitrogens is 2. The summed E-state index contributed by atoms with van der Waals surface area (Å²) >= 11 is 1.42. The smallest absolute Gasteiger partial charge is 0.449 e. The first-order valence-electron chi connectivity index (χ1n) is 6.65. The molecule has 0 amide bonds. The van der Waals surface area contributed by atoms with E-state index in [0.717, 1.165) is 5.39 Å². The van der Waals surface area contributed by atoms with Crippen LogP contribution in [0, 0.1) is 0 Å². The lowest BCUT2D eigenvalue weighted by Gasteiger charge is -2.11. The Balaban J connectivity index is 2.03. The fourth-order valence-electron chi connectivity index (χ4n) is 2.11. The molecule has 0 saturated carbocycles. The molecule has 0 aliphatic carbocycles. The molecule has 1 heterocycles. The fraction of sp³-hybridized carbons (Fsp3) is 0.0625. The highest BCUT2D eigenvalue weighted by Crippen LogP contribution is 2.35. The van der Waals surface area contributed by atoms with E-state index in [1.165, 1.54) is 11.8 Å². The molecule has 0 radical (unpaired) electrons. The summed E-state index contributed by atoms with van der Waals surface area (Å²) in [7, 11) is 0. The number of hydrogen-bond donors (Lipinski definition) is 1. The number of rotatable bonds is 4. The molecular weight excluding hydrogens is 316 g/mol. The number of benzene rings is 2. The van der Waals surface area contributed by atoms with Gasteiger partial charge in [-0.25, -0.2) is 9.78 Å². The van der Waals surface area contributed by atoms with Gasteiger partial charge in [-0.3, -0.25) is 0 Å². The molecule has 1 aromatic heterocycles. The first-order valence-corrected chi connectivity index (χ1v) is 7.87. The van der Waals surface area contributed by atoms with Crippen molar-refractivity contribution < 1.29 is 19.4 Å². The van der Waals surface area contributed by atoms with Crippen LogP contribution in [-0.2, 0) is 0 Å². The number of fused-ring (bicyclic) bond motifs is 1. The van der Waals surface area contributed by atoms with Gasteiger partial charge in [-0.1, -0.05) is 36.0 Å². The molecule has 23 heavy (non-hydrogen) atoms. The average Bonchev–Trinajstić information content (AvgIpc) is 2.57. The van der Waals surface area contributed by atoms with Crippen LogP contribution in [0.25, 0.3) is 10.8 Å². The van der Waals surface area contributed by atoms with Crippen LogP contribution in [-0.4, -0.2) is 27.5 Å². The molecule has 2 aromatic carbocycles. The van der Waals surface area contributed by atoms with E-state index >= 15 is 0 Å². The van der Waals surface area contributed by atoms with Crippen molar-refractivity contribution in [1.29, 1.82) is 0 Å². The van der Waals surface area contributed by atoms with E-state index in [2.05, 4.69) is 9.97 Å². The summed E-state index contributed by atoms with van der Waals surface area (Å²) in [5.41, 5.74) is 0. The third kappa shape index (κ3) is 3.35. The quantitative estimate of drug-likeness (QED) is 0.332. The highest BCUT2D eigenvalue weighted by Gasteiger charge is 2.11. The molecule has 0 aliphatic heterocycles. The zero-order chi connectivity index (χ0) is 16.2. The average molecular weight is 328 g/mol. The monoisotopic (exact) mass is 328 g/mol. The standard InChI is InChI=1S/C16H12N2O4S/c1-23-15-17-9-8-14(18-15)21-12-6-7-13(22-16(19)20)11-5-3-2-4-10(11)12/h2-9H,1H3,(H,19,20). The van der Waals surface area contributed by atoms with Crippen molar-refractivity contribution in [3.63, 3.8) is 0 Å². The van der Waals surface area contributed by atoms with Crippen molar-refractivity contribution in [2.45, 2.75) is 5.16 Å². The summed E-state index contributed by atoms with van der Waals surface area (Å²) in [6, 6.07) is 12.1. The zero-order valence-electron chi connectivity index (χ0n) is 12.1. The van der Waals surface area contributed by atoms with E-state index in [4.69, 9.17) is 14.6 Å². The number of thioether (sulfide) groups is 1. The molecule has 3 aromatic rings. The van der Waals surface area contributed by atoms with E-state index in [0.29, 0.717) is 22.2 Å². The molecular formula is C16H12N2O4S. The minimum absolute atomic E-state index is 0.257. The molecule has 0 bridgehead atoms. The molecule has 3 rings (SSSR count). The van der Waals surface area contributed by atoms with Gasteiger partial charge in [0, 0.05) is 23.0 Å². The Bertz CT molecular complexity index is 870. The summed E-state index contributed by atoms with van der Waals surface area (Å²) in [4.78, 5) is 19.1. The van der Waals surface area contributed by atoms with Gasteiger partial charge in [0.15, 0.2) is 5.16 Å². The Hall–Kier alpha value is -2.80. The van der Waals surface area contributed by atoms with Gasteiger partial charge in [0.05, 0.1) is 0 Å². The molecule has 0 atom stereocenters. The first-order chi connectivity index (χ1) is 11.2. The van der Waals surface area contributed by atoms with Crippen molar-refractivity contribution in [3.05, 3.63) is 48.7 Å². The molecule has 0 aliphatic rings. The third-order valence-electron chi connectivity index (χ3n) is 3.05. The van der Waals surface area contributed by atoms with Gasteiger partial charge in [-0.15, -0.1) is 0 Å². The number of ether oxygens (including phenoxy) is 2. The SMILES string of the molecule is CSc1nccc(Oc2ccc(OC(=O)O)c3ccccc23)n1. The maximum absolute atomic E-state index is 10.8. The summed E-state index contributed by atoms with van der Waals surface area (Å²) in [5, 5.41) is 10.8. The van der Waals surface area contributed by atoms with Crippen LogP contribution in [0.2, 0.25) is 0 Å². The zero-order valence-corrected chi connectivity index (χ0v) is 12.9. The minimum Gasteiger partial charge on any atom is -0.449 e. The van der Waals surface area contributed by atoms with Gasteiger partial charge in [-0.2, -0.15) is 4.98 Å². The highest BCUT2D eigenvalue weighted by molar-refractivity contribution is 7.98. The van der Waals surface area contributed by atoms with Crippen molar-refractivity contribution in [2.75, 3.05) is 6.26 Å². The second-order valence-corrected chi connectivity index (χ2v) is 5.23. The summed E-state index contributed by atoms with van der Waals surface area (Å²) < 4.78 is 10.6. The lowest BCUT2D eigenvalue weighted by molar-refractivity contribution is 0.145. The van der Waals surface area contributed by atoms with E-state index in [-0.39, 0.29) is 5.75 Å². The van der Waals surface area contributed by atoms with E-state index in [9.17, 15) is 4.79 Å². The summed E-state index contributed by atoms with van der Waals surface area (Å²) in [5.74, 6) is 1.23. The molecule has 1 N–H and O–H groups in total. The Kier molecular flexibility index (Phi) is 4.29. The van der Waals surface area contributed by atoms with E-state index in [1.54, 1.807) is 36.5 Å². The topological polar surface area (TPSA) is 81.5 Å². The van der Waals surface area contributed by atoms with Crippen molar-refractivity contribution in [2.24, 2.45) is 0 Å². The lowest BCUT2D eigenvalue weighted by atomic mass is 10.1. The van der Waals surface area contributed by atoms with Crippen LogP contribution in [0.5, 0.6) is 17.4 Å². The van der Waals surface area contributed by atoms with Gasteiger partial charge in [-0.05, 0) is 18.4 Å². The molecule has 7 heteroatoms. The second kappa shape index (κ2) is 6.53. The Morgan fingerprint density at radius 3 is 2.48 bits per heavy atom. The van der Waals surface area contributed by atoms with Crippen molar-refractivity contribution >= 4 is 28.7 Å². The number of hydrogen-bond acceptors (Lipinski definition) is 6. The molecule has 0 unspecified atom stereocenters. The summed E-state index contributed by atoms with van der Waals surface area (Å²) in [6.45, 7) is 0. The second-order valence-electron chi connectivity index (χ2n) is 4.46. The molecule has 0 saturated heterocycles. The number of carbonyl (C=O) groups is 1.